The van der Waals surface area contributed by atoms with E-state index in [1.165, 1.54) is 43.8 Å². The highest BCUT2D eigenvalue weighted by molar-refractivity contribution is 6.14. The quantitative estimate of drug-likeness (QED) is 0.360. The number of fused-ring (bicyclic) bond motifs is 3. The molecule has 0 aliphatic heterocycles. The minimum absolute atomic E-state index is 1.28. The molecule has 0 radical (unpaired) electrons. The molecule has 0 atom stereocenters. The monoisotopic (exact) mass is 282 g/mol. The number of benzene rings is 4. The Hall–Kier alpha value is -2.60. The first kappa shape index (κ1) is 13.1. The summed E-state index contributed by atoms with van der Waals surface area (Å²) in [5.74, 6) is 0. The van der Waals surface area contributed by atoms with E-state index in [1.807, 2.05) is 0 Å². The lowest BCUT2D eigenvalue weighted by Gasteiger charge is -2.12. The van der Waals surface area contributed by atoms with E-state index < -0.39 is 0 Å². The maximum absolute atomic E-state index is 2.33. The van der Waals surface area contributed by atoms with Crippen LogP contribution in [-0.4, -0.2) is 0 Å². The standard InChI is InChI=1S/C22H18/c1-15-8-10-18-14-21(17-6-4-3-5-7-17)22-13-16(2)9-11-19(22)20(18)12-15/h3-14H,1-2H3. The highest BCUT2D eigenvalue weighted by Gasteiger charge is 2.08. The maximum atomic E-state index is 2.33. The van der Waals surface area contributed by atoms with Crippen molar-refractivity contribution >= 4 is 21.5 Å². The van der Waals surface area contributed by atoms with Gasteiger partial charge in [0.1, 0.15) is 0 Å². The zero-order valence-corrected chi connectivity index (χ0v) is 12.9. The predicted molar refractivity (Wildman–Crippen MR) is 96.4 cm³/mol. The van der Waals surface area contributed by atoms with Crippen LogP contribution in [0.4, 0.5) is 0 Å². The first-order chi connectivity index (χ1) is 10.7. The summed E-state index contributed by atoms with van der Waals surface area (Å²) >= 11 is 0. The lowest BCUT2D eigenvalue weighted by Crippen LogP contribution is -1.86. The topological polar surface area (TPSA) is 0 Å². The third kappa shape index (κ3) is 2.08. The second kappa shape index (κ2) is 4.99. The van der Waals surface area contributed by atoms with Crippen LogP contribution in [0.25, 0.3) is 32.7 Å². The molecule has 0 bridgehead atoms. The predicted octanol–water partition coefficient (Wildman–Crippen LogP) is 6.28. The van der Waals surface area contributed by atoms with Crippen molar-refractivity contribution in [3.05, 3.63) is 83.9 Å². The molecule has 0 spiro atoms. The van der Waals surface area contributed by atoms with Crippen molar-refractivity contribution in [2.75, 3.05) is 0 Å². The van der Waals surface area contributed by atoms with Crippen LogP contribution in [0.3, 0.4) is 0 Å². The molecule has 4 rings (SSSR count). The van der Waals surface area contributed by atoms with Crippen LogP contribution in [0.15, 0.2) is 72.8 Å². The highest BCUT2D eigenvalue weighted by atomic mass is 14.1. The highest BCUT2D eigenvalue weighted by Crippen LogP contribution is 2.35. The fraction of sp³-hybridized carbons (Fsp3) is 0.0909. The molecule has 0 saturated carbocycles. The molecule has 0 fully saturated rings. The summed E-state index contributed by atoms with van der Waals surface area (Å²) in [6, 6.07) is 26.5. The lowest BCUT2D eigenvalue weighted by molar-refractivity contribution is 1.50. The summed E-state index contributed by atoms with van der Waals surface area (Å²) in [7, 11) is 0. The van der Waals surface area contributed by atoms with Crippen molar-refractivity contribution in [1.82, 2.24) is 0 Å². The van der Waals surface area contributed by atoms with Gasteiger partial charge < -0.3 is 0 Å². The van der Waals surface area contributed by atoms with E-state index in [9.17, 15) is 0 Å². The van der Waals surface area contributed by atoms with Crippen LogP contribution >= 0.6 is 0 Å². The molecule has 22 heavy (non-hydrogen) atoms. The minimum atomic E-state index is 1.28. The van der Waals surface area contributed by atoms with Gasteiger partial charge in [-0.15, -0.1) is 0 Å². The largest absolute Gasteiger partial charge is 0.0622 e. The van der Waals surface area contributed by atoms with Gasteiger partial charge in [-0.2, -0.15) is 0 Å². The maximum Gasteiger partial charge on any atom is -0.00963 e. The Morgan fingerprint density at radius 3 is 2.00 bits per heavy atom. The Morgan fingerprint density at radius 1 is 0.545 bits per heavy atom. The normalized spacial score (nSPS) is 11.2. The van der Waals surface area contributed by atoms with Crippen molar-refractivity contribution in [3.8, 4) is 11.1 Å². The average Bonchev–Trinajstić information content (AvgIpc) is 2.55. The van der Waals surface area contributed by atoms with E-state index in [0.717, 1.165) is 0 Å². The summed E-state index contributed by atoms with van der Waals surface area (Å²) in [6.07, 6.45) is 0. The molecule has 0 N–H and O–H groups in total. The second-order valence-electron chi connectivity index (χ2n) is 6.06. The SMILES string of the molecule is Cc1ccc2c(c1)c(-c1ccccc1)cc1ccc(C)cc12. The molecule has 0 unspecified atom stereocenters. The number of rotatable bonds is 1. The van der Waals surface area contributed by atoms with E-state index >= 15 is 0 Å². The van der Waals surface area contributed by atoms with Crippen LogP contribution in [-0.2, 0) is 0 Å². The fourth-order valence-electron chi connectivity index (χ4n) is 3.23. The van der Waals surface area contributed by atoms with Gasteiger partial charge in [-0.1, -0.05) is 77.9 Å². The van der Waals surface area contributed by atoms with Crippen molar-refractivity contribution in [2.24, 2.45) is 0 Å². The molecule has 0 nitrogen and oxygen atoms in total. The molecule has 0 heteroatoms. The molecule has 0 aliphatic rings. The molecule has 0 heterocycles. The third-order valence-corrected chi connectivity index (χ3v) is 4.35. The van der Waals surface area contributed by atoms with Crippen LogP contribution in [0, 0.1) is 13.8 Å². The van der Waals surface area contributed by atoms with Gasteiger partial charge >= 0.3 is 0 Å². The molecule has 106 valence electrons. The third-order valence-electron chi connectivity index (χ3n) is 4.35. The summed E-state index contributed by atoms with van der Waals surface area (Å²) in [5.41, 5.74) is 5.20. The molecule has 0 aliphatic carbocycles. The smallest absolute Gasteiger partial charge is 0.00963 e. The average molecular weight is 282 g/mol. The van der Waals surface area contributed by atoms with Gasteiger partial charge in [-0.25, -0.2) is 0 Å². The molecule has 0 aromatic heterocycles. The molecule has 4 aromatic carbocycles. The van der Waals surface area contributed by atoms with Gasteiger partial charge in [0.2, 0.25) is 0 Å². The molecular weight excluding hydrogens is 264 g/mol. The Bertz CT molecular complexity index is 979. The molecule has 0 amide bonds. The Morgan fingerprint density at radius 2 is 1.23 bits per heavy atom. The van der Waals surface area contributed by atoms with E-state index in [0.29, 0.717) is 0 Å². The molecule has 0 saturated heterocycles. The van der Waals surface area contributed by atoms with Gasteiger partial charge in [0, 0.05) is 0 Å². The van der Waals surface area contributed by atoms with Gasteiger partial charge in [-0.3, -0.25) is 0 Å². The van der Waals surface area contributed by atoms with Gasteiger partial charge in [0.15, 0.2) is 0 Å². The number of aryl methyl sites for hydroxylation is 2. The van der Waals surface area contributed by atoms with E-state index in [-0.39, 0.29) is 0 Å². The number of hydrogen-bond acceptors (Lipinski definition) is 0. The summed E-state index contributed by atoms with van der Waals surface area (Å²) in [4.78, 5) is 0. The van der Waals surface area contributed by atoms with Gasteiger partial charge in [0.05, 0.1) is 0 Å². The van der Waals surface area contributed by atoms with Gasteiger partial charge in [0.25, 0.3) is 0 Å². The fourth-order valence-corrected chi connectivity index (χ4v) is 3.23. The van der Waals surface area contributed by atoms with Crippen molar-refractivity contribution < 1.29 is 0 Å². The lowest BCUT2D eigenvalue weighted by atomic mass is 9.92. The minimum Gasteiger partial charge on any atom is -0.0622 e. The van der Waals surface area contributed by atoms with Crippen LogP contribution in [0.1, 0.15) is 11.1 Å². The van der Waals surface area contributed by atoms with Crippen molar-refractivity contribution in [2.45, 2.75) is 13.8 Å². The number of hydrogen-bond donors (Lipinski definition) is 0. The van der Waals surface area contributed by atoms with Crippen LogP contribution < -0.4 is 0 Å². The second-order valence-corrected chi connectivity index (χ2v) is 6.06. The van der Waals surface area contributed by atoms with E-state index in [4.69, 9.17) is 0 Å². The summed E-state index contributed by atoms with van der Waals surface area (Å²) < 4.78 is 0. The van der Waals surface area contributed by atoms with Crippen LogP contribution in [0.5, 0.6) is 0 Å². The zero-order valence-electron chi connectivity index (χ0n) is 12.9. The Kier molecular flexibility index (Phi) is 2.97. The molecule has 4 aromatic rings. The summed E-state index contributed by atoms with van der Waals surface area (Å²) in [5, 5.41) is 5.32. The van der Waals surface area contributed by atoms with Crippen molar-refractivity contribution in [3.63, 3.8) is 0 Å². The van der Waals surface area contributed by atoms with E-state index in [2.05, 4.69) is 86.6 Å². The van der Waals surface area contributed by atoms with Crippen molar-refractivity contribution in [1.29, 1.82) is 0 Å². The zero-order chi connectivity index (χ0) is 15.1. The first-order valence-electron chi connectivity index (χ1n) is 7.71. The Balaban J connectivity index is 2.19. The molecular formula is C22H18. The Labute approximate surface area is 131 Å². The summed E-state index contributed by atoms with van der Waals surface area (Å²) in [6.45, 7) is 4.32. The van der Waals surface area contributed by atoms with E-state index in [1.54, 1.807) is 0 Å². The van der Waals surface area contributed by atoms with Gasteiger partial charge in [-0.05, 0) is 52.6 Å². The first-order valence-corrected chi connectivity index (χ1v) is 7.71. The van der Waals surface area contributed by atoms with Crippen LogP contribution in [0.2, 0.25) is 0 Å².